The number of benzene rings is 1. The van der Waals surface area contributed by atoms with Crippen LogP contribution in [0.1, 0.15) is 42.6 Å². The third kappa shape index (κ3) is 2.93. The van der Waals surface area contributed by atoms with E-state index in [0.29, 0.717) is 17.4 Å². The van der Waals surface area contributed by atoms with Crippen molar-refractivity contribution in [3.63, 3.8) is 0 Å². The lowest BCUT2D eigenvalue weighted by molar-refractivity contribution is -0.122. The van der Waals surface area contributed by atoms with Crippen molar-refractivity contribution in [2.75, 3.05) is 0 Å². The fourth-order valence-corrected chi connectivity index (χ4v) is 3.65. The van der Waals surface area contributed by atoms with Crippen LogP contribution in [0.25, 0.3) is 0 Å². The summed E-state index contributed by atoms with van der Waals surface area (Å²) >= 11 is 11.5. The lowest BCUT2D eigenvalue weighted by atomic mass is 10.1. The van der Waals surface area contributed by atoms with Gasteiger partial charge in [0.15, 0.2) is 10.6 Å². The molecule has 2 fully saturated rings. The minimum Gasteiger partial charge on any atom is -0.349 e. The highest BCUT2D eigenvalue weighted by Crippen LogP contribution is 2.49. The molecule has 2 N–H and O–H groups in total. The van der Waals surface area contributed by atoms with Crippen molar-refractivity contribution in [3.05, 3.63) is 45.4 Å². The molecule has 2 aliphatic carbocycles. The molecule has 0 spiro atoms. The zero-order valence-corrected chi connectivity index (χ0v) is 14.0. The van der Waals surface area contributed by atoms with E-state index in [1.165, 1.54) is 0 Å². The first kappa shape index (κ1) is 14.9. The van der Waals surface area contributed by atoms with Gasteiger partial charge in [-0.05, 0) is 49.0 Å². The van der Waals surface area contributed by atoms with Crippen molar-refractivity contribution >= 4 is 29.7 Å². The minimum absolute atomic E-state index is 0.00573. The molecule has 4 rings (SSSR count). The average Bonchev–Trinajstić information content (AvgIpc) is 3.45. The van der Waals surface area contributed by atoms with Crippen LogP contribution in [0.15, 0.2) is 24.3 Å². The van der Waals surface area contributed by atoms with E-state index in [-0.39, 0.29) is 17.7 Å². The van der Waals surface area contributed by atoms with E-state index in [2.05, 4.69) is 15.5 Å². The van der Waals surface area contributed by atoms with Gasteiger partial charge in [0, 0.05) is 17.0 Å². The first-order chi connectivity index (χ1) is 11.1. The highest BCUT2D eigenvalue weighted by molar-refractivity contribution is 7.71. The second-order valence-electron chi connectivity index (χ2n) is 6.23. The largest absolute Gasteiger partial charge is 0.349 e. The van der Waals surface area contributed by atoms with Gasteiger partial charge in [-0.3, -0.25) is 14.5 Å². The Morgan fingerprint density at radius 2 is 2.22 bits per heavy atom. The van der Waals surface area contributed by atoms with Crippen molar-refractivity contribution in [3.8, 4) is 0 Å². The third-order valence-corrected chi connectivity index (χ3v) is 5.17. The molecule has 2 saturated carbocycles. The molecule has 5 nitrogen and oxygen atoms in total. The summed E-state index contributed by atoms with van der Waals surface area (Å²) in [5.41, 5.74) is 1.06. The molecule has 2 aromatic rings. The van der Waals surface area contributed by atoms with Gasteiger partial charge >= 0.3 is 0 Å². The number of H-pyrrole nitrogens is 1. The third-order valence-electron chi connectivity index (χ3n) is 4.54. The maximum Gasteiger partial charge on any atom is 0.224 e. The van der Waals surface area contributed by atoms with Gasteiger partial charge in [-0.1, -0.05) is 29.8 Å². The number of nitrogens with one attached hydrogen (secondary N) is 2. The molecule has 2 aliphatic rings. The Kier molecular flexibility index (Phi) is 3.73. The van der Waals surface area contributed by atoms with Gasteiger partial charge in [-0.25, -0.2) is 0 Å². The summed E-state index contributed by atoms with van der Waals surface area (Å²) in [7, 11) is 0. The summed E-state index contributed by atoms with van der Waals surface area (Å²) in [6.07, 6.45) is 3.11. The number of carbonyl (C=O) groups is 1. The minimum atomic E-state index is 0.00573. The SMILES string of the molecule is O=C(NCc1n[nH]c(=S)n1C1CC1)[C@@H]1C[C@H]1c1ccccc1Cl. The van der Waals surface area contributed by atoms with Crippen LogP contribution in [0, 0.1) is 10.7 Å². The van der Waals surface area contributed by atoms with Crippen molar-refractivity contribution in [1.29, 1.82) is 0 Å². The number of aromatic nitrogens is 3. The van der Waals surface area contributed by atoms with Crippen LogP contribution in [0.3, 0.4) is 0 Å². The summed E-state index contributed by atoms with van der Waals surface area (Å²) in [6.45, 7) is 0.411. The Labute approximate surface area is 144 Å². The van der Waals surface area contributed by atoms with Crippen LogP contribution < -0.4 is 5.32 Å². The normalized spacial score (nSPS) is 22.8. The summed E-state index contributed by atoms with van der Waals surface area (Å²) in [6, 6.07) is 8.19. The van der Waals surface area contributed by atoms with E-state index < -0.39 is 0 Å². The first-order valence-corrected chi connectivity index (χ1v) is 8.61. The van der Waals surface area contributed by atoms with Gasteiger partial charge in [-0.2, -0.15) is 5.10 Å². The molecular formula is C16H17ClN4OS. The molecule has 1 aromatic carbocycles. The van der Waals surface area contributed by atoms with Crippen molar-refractivity contribution in [2.24, 2.45) is 5.92 Å². The number of halogens is 1. The van der Waals surface area contributed by atoms with Gasteiger partial charge in [-0.15, -0.1) is 0 Å². The number of hydrogen-bond donors (Lipinski definition) is 2. The predicted octanol–water partition coefficient (Wildman–Crippen LogP) is 3.35. The topological polar surface area (TPSA) is 62.7 Å². The van der Waals surface area contributed by atoms with Gasteiger partial charge < -0.3 is 5.32 Å². The Bertz CT molecular complexity index is 810. The maximum absolute atomic E-state index is 12.3. The molecule has 1 heterocycles. The molecule has 1 amide bonds. The second kappa shape index (κ2) is 5.76. The van der Waals surface area contributed by atoms with E-state index in [1.807, 2.05) is 28.8 Å². The zero-order valence-electron chi connectivity index (χ0n) is 12.5. The van der Waals surface area contributed by atoms with E-state index in [4.69, 9.17) is 23.8 Å². The summed E-state index contributed by atoms with van der Waals surface area (Å²) < 4.78 is 2.66. The van der Waals surface area contributed by atoms with E-state index in [1.54, 1.807) is 0 Å². The molecule has 0 saturated heterocycles. The van der Waals surface area contributed by atoms with E-state index >= 15 is 0 Å². The van der Waals surface area contributed by atoms with E-state index in [0.717, 1.165) is 35.7 Å². The van der Waals surface area contributed by atoms with Crippen LogP contribution in [-0.4, -0.2) is 20.7 Å². The second-order valence-corrected chi connectivity index (χ2v) is 7.03. The number of amides is 1. The molecule has 23 heavy (non-hydrogen) atoms. The van der Waals surface area contributed by atoms with Crippen LogP contribution in [0.4, 0.5) is 0 Å². The fraction of sp³-hybridized carbons (Fsp3) is 0.438. The predicted molar refractivity (Wildman–Crippen MR) is 89.8 cm³/mol. The van der Waals surface area contributed by atoms with Crippen LogP contribution in [0.2, 0.25) is 5.02 Å². The highest BCUT2D eigenvalue weighted by Gasteiger charge is 2.44. The quantitative estimate of drug-likeness (QED) is 0.814. The standard InChI is InChI=1S/C16H17ClN4OS/c17-13-4-2-1-3-10(13)11-7-12(11)15(22)18-8-14-19-20-16(23)21(14)9-5-6-9/h1-4,9,11-12H,5-8H2,(H,18,22)(H,20,23)/t11-,12+/m0/s1. The number of carbonyl (C=O) groups excluding carboxylic acids is 1. The molecule has 0 radical (unpaired) electrons. The Hall–Kier alpha value is -1.66. The molecule has 120 valence electrons. The van der Waals surface area contributed by atoms with Crippen LogP contribution in [0.5, 0.6) is 0 Å². The first-order valence-electron chi connectivity index (χ1n) is 7.83. The van der Waals surface area contributed by atoms with Crippen molar-refractivity contribution < 1.29 is 4.79 Å². The van der Waals surface area contributed by atoms with Crippen LogP contribution >= 0.6 is 23.8 Å². The molecule has 7 heteroatoms. The average molecular weight is 349 g/mol. The Morgan fingerprint density at radius 1 is 1.43 bits per heavy atom. The molecule has 0 bridgehead atoms. The zero-order chi connectivity index (χ0) is 16.0. The molecule has 1 aromatic heterocycles. The van der Waals surface area contributed by atoms with Gasteiger partial charge in [0.25, 0.3) is 0 Å². The Balaban J connectivity index is 1.39. The highest BCUT2D eigenvalue weighted by atomic mass is 35.5. The summed E-state index contributed by atoms with van der Waals surface area (Å²) in [5, 5.41) is 10.8. The molecule has 2 atom stereocenters. The molecule has 0 aliphatic heterocycles. The van der Waals surface area contributed by atoms with E-state index in [9.17, 15) is 4.79 Å². The van der Waals surface area contributed by atoms with Gasteiger partial charge in [0.2, 0.25) is 5.91 Å². The van der Waals surface area contributed by atoms with Crippen molar-refractivity contribution in [2.45, 2.75) is 37.8 Å². The Morgan fingerprint density at radius 3 is 2.96 bits per heavy atom. The van der Waals surface area contributed by atoms with Crippen LogP contribution in [-0.2, 0) is 11.3 Å². The summed E-state index contributed by atoms with van der Waals surface area (Å²) in [4.78, 5) is 12.3. The molecule has 0 unspecified atom stereocenters. The lowest BCUT2D eigenvalue weighted by Gasteiger charge is -2.07. The van der Waals surface area contributed by atoms with Gasteiger partial charge in [0.05, 0.1) is 6.54 Å². The smallest absolute Gasteiger partial charge is 0.224 e. The number of rotatable bonds is 5. The number of hydrogen-bond acceptors (Lipinski definition) is 3. The van der Waals surface area contributed by atoms with Gasteiger partial charge in [0.1, 0.15) is 0 Å². The number of aromatic amines is 1. The number of nitrogens with zero attached hydrogens (tertiary/aromatic N) is 2. The maximum atomic E-state index is 12.3. The van der Waals surface area contributed by atoms with Crippen molar-refractivity contribution in [1.82, 2.24) is 20.1 Å². The monoisotopic (exact) mass is 348 g/mol. The summed E-state index contributed by atoms with van der Waals surface area (Å²) in [5.74, 6) is 1.10. The fourth-order valence-electron chi connectivity index (χ4n) is 3.07. The lowest BCUT2D eigenvalue weighted by Crippen LogP contribution is -2.26. The molecular weight excluding hydrogens is 332 g/mol.